The predicted octanol–water partition coefficient (Wildman–Crippen LogP) is 5.27. The highest BCUT2D eigenvalue weighted by molar-refractivity contribution is 5.91. The number of benzene rings is 2. The zero-order valence-electron chi connectivity index (χ0n) is 23.6. The second-order valence-corrected chi connectivity index (χ2v) is 10.8. The van der Waals surface area contributed by atoms with Crippen LogP contribution in [0.5, 0.6) is 5.75 Å². The van der Waals surface area contributed by atoms with Crippen LogP contribution in [0.15, 0.2) is 42.5 Å². The average molecular weight is 604 g/mol. The van der Waals surface area contributed by atoms with Crippen LogP contribution in [0.25, 0.3) is 0 Å². The van der Waals surface area contributed by atoms with Gasteiger partial charge in [-0.3, -0.25) is 14.5 Å². The Morgan fingerprint density at radius 1 is 1.14 bits per heavy atom. The molecule has 0 spiro atoms. The Morgan fingerprint density at radius 2 is 1.81 bits per heavy atom. The lowest BCUT2D eigenvalue weighted by molar-refractivity contribution is -0.142. The summed E-state index contributed by atoms with van der Waals surface area (Å²) in [5.41, 5.74) is 0.547. The predicted molar refractivity (Wildman–Crippen MR) is 144 cm³/mol. The summed E-state index contributed by atoms with van der Waals surface area (Å²) in [6.45, 7) is 4.24. The van der Waals surface area contributed by atoms with Crippen molar-refractivity contribution in [1.82, 2.24) is 9.80 Å². The van der Waals surface area contributed by atoms with Crippen molar-refractivity contribution >= 4 is 17.5 Å². The summed E-state index contributed by atoms with van der Waals surface area (Å²) in [7, 11) is 1.79. The Bertz CT molecular complexity index is 1220. The van der Waals surface area contributed by atoms with Gasteiger partial charge in [0.1, 0.15) is 11.9 Å². The molecule has 1 aliphatic heterocycles. The number of carbonyl (C=O) groups is 2. The highest BCUT2D eigenvalue weighted by Gasteiger charge is 2.32. The van der Waals surface area contributed by atoms with Crippen molar-refractivity contribution in [3.8, 4) is 5.75 Å². The van der Waals surface area contributed by atoms with Gasteiger partial charge in [0.2, 0.25) is 11.8 Å². The smallest absolute Gasteiger partial charge is 0.416 e. The van der Waals surface area contributed by atoms with E-state index in [-0.39, 0.29) is 37.1 Å². The molecule has 7 nitrogen and oxygen atoms in total. The molecule has 0 radical (unpaired) electrons. The Hall–Kier alpha value is -3.32. The largest absolute Gasteiger partial charge is 0.488 e. The van der Waals surface area contributed by atoms with Crippen molar-refractivity contribution in [3.63, 3.8) is 0 Å². The van der Waals surface area contributed by atoms with Gasteiger partial charge in [-0.2, -0.15) is 26.3 Å². The zero-order chi connectivity index (χ0) is 31.2. The molecular formula is C29H35F6N3O4. The summed E-state index contributed by atoms with van der Waals surface area (Å²) in [4.78, 5) is 28.8. The van der Waals surface area contributed by atoms with Gasteiger partial charge in [-0.15, -0.1) is 0 Å². The highest BCUT2D eigenvalue weighted by Crippen LogP contribution is 2.31. The van der Waals surface area contributed by atoms with Crippen LogP contribution < -0.4 is 10.1 Å². The molecule has 0 aromatic heterocycles. The van der Waals surface area contributed by atoms with Gasteiger partial charge in [0.15, 0.2) is 0 Å². The lowest BCUT2D eigenvalue weighted by Crippen LogP contribution is -2.47. The van der Waals surface area contributed by atoms with Crippen LogP contribution in [0.1, 0.15) is 43.4 Å². The molecule has 13 heteroatoms. The van der Waals surface area contributed by atoms with E-state index in [1.54, 1.807) is 24.9 Å². The molecule has 1 heterocycles. The van der Waals surface area contributed by atoms with Crippen molar-refractivity contribution in [3.05, 3.63) is 59.2 Å². The number of amides is 2. The Morgan fingerprint density at radius 3 is 2.40 bits per heavy atom. The van der Waals surface area contributed by atoms with Crippen LogP contribution in [0.4, 0.5) is 32.0 Å². The van der Waals surface area contributed by atoms with E-state index >= 15 is 0 Å². The van der Waals surface area contributed by atoms with E-state index in [1.807, 2.05) is 11.8 Å². The fraction of sp³-hybridized carbons (Fsp3) is 0.517. The van der Waals surface area contributed by atoms with Crippen molar-refractivity contribution in [1.29, 1.82) is 0 Å². The van der Waals surface area contributed by atoms with Crippen LogP contribution >= 0.6 is 0 Å². The molecule has 0 aliphatic carbocycles. The average Bonchev–Trinajstić information content (AvgIpc) is 2.94. The minimum Gasteiger partial charge on any atom is -0.488 e. The number of hydrogen-bond acceptors (Lipinski definition) is 5. The van der Waals surface area contributed by atoms with Crippen LogP contribution in [0, 0.1) is 5.92 Å². The van der Waals surface area contributed by atoms with E-state index < -0.39 is 48.8 Å². The van der Waals surface area contributed by atoms with Crippen molar-refractivity contribution in [2.45, 2.75) is 64.2 Å². The first-order valence-corrected chi connectivity index (χ1v) is 13.5. The van der Waals surface area contributed by atoms with E-state index in [0.717, 1.165) is 12.1 Å². The monoisotopic (exact) mass is 603 g/mol. The number of nitrogens with zero attached hydrogens (tertiary/aromatic N) is 2. The highest BCUT2D eigenvalue weighted by atomic mass is 19.4. The summed E-state index contributed by atoms with van der Waals surface area (Å²) < 4.78 is 82.7. The van der Waals surface area contributed by atoms with Gasteiger partial charge in [0.05, 0.1) is 31.1 Å². The van der Waals surface area contributed by atoms with E-state index in [4.69, 9.17) is 4.74 Å². The van der Waals surface area contributed by atoms with Gasteiger partial charge >= 0.3 is 12.4 Å². The van der Waals surface area contributed by atoms with Gasteiger partial charge in [-0.25, -0.2) is 0 Å². The second-order valence-electron chi connectivity index (χ2n) is 10.8. The topological polar surface area (TPSA) is 82.1 Å². The van der Waals surface area contributed by atoms with Crippen molar-refractivity contribution in [2.75, 3.05) is 32.1 Å². The molecule has 3 atom stereocenters. The van der Waals surface area contributed by atoms with Gasteiger partial charge in [0.25, 0.3) is 0 Å². The summed E-state index contributed by atoms with van der Waals surface area (Å²) in [6.07, 6.45) is -11.5. The first-order valence-electron chi connectivity index (χ1n) is 13.5. The molecule has 42 heavy (non-hydrogen) atoms. The van der Waals surface area contributed by atoms with Gasteiger partial charge in [0, 0.05) is 43.2 Å². The molecule has 0 saturated carbocycles. The van der Waals surface area contributed by atoms with Crippen LogP contribution in [-0.2, 0) is 28.7 Å². The van der Waals surface area contributed by atoms with Gasteiger partial charge in [-0.1, -0.05) is 19.1 Å². The van der Waals surface area contributed by atoms with Crippen LogP contribution in [-0.4, -0.2) is 71.8 Å². The zero-order valence-corrected chi connectivity index (χ0v) is 23.6. The number of likely N-dealkylation sites (N-methyl/N-ethyl adjacent to an activating group) is 1. The second kappa shape index (κ2) is 13.8. The van der Waals surface area contributed by atoms with E-state index in [1.165, 1.54) is 24.3 Å². The maximum absolute atomic E-state index is 13.3. The molecule has 0 fully saturated rings. The first-order chi connectivity index (χ1) is 19.6. The fourth-order valence-corrected chi connectivity index (χ4v) is 4.69. The molecular weight excluding hydrogens is 568 g/mol. The maximum Gasteiger partial charge on any atom is 0.416 e. The standard InChI is InChI=1S/C29H35F6N3O4/c1-18-14-38(19(2)17-39)27(41)13-21-12-23(36-26(40)10-11-28(30,31)32)8-9-24(21)42-25(18)16-37(3)15-20-4-6-22(7-5-20)29(33,34)35/h4-9,12,18-19,25,39H,10-11,13-17H2,1-3H3,(H,36,40)/t18-,19+,25+/m1/s1. The summed E-state index contributed by atoms with van der Waals surface area (Å²) in [6, 6.07) is 8.88. The third-order valence-electron chi connectivity index (χ3n) is 7.06. The normalized spacial score (nSPS) is 18.9. The number of ether oxygens (including phenoxy) is 1. The number of anilines is 1. The minimum absolute atomic E-state index is 0.132. The molecule has 1 aliphatic rings. The quantitative estimate of drug-likeness (QED) is 0.382. The Balaban J connectivity index is 1.83. The SMILES string of the molecule is C[C@@H]1CN([C@@H](C)CO)C(=O)Cc2cc(NC(=O)CCC(F)(F)F)ccc2O[C@H]1CN(C)Cc1ccc(C(F)(F)F)cc1. The maximum atomic E-state index is 13.3. The summed E-state index contributed by atoms with van der Waals surface area (Å²) in [5.74, 6) is -0.998. The third-order valence-corrected chi connectivity index (χ3v) is 7.06. The fourth-order valence-electron chi connectivity index (χ4n) is 4.69. The van der Waals surface area contributed by atoms with Crippen molar-refractivity contribution < 1.29 is 45.8 Å². The molecule has 0 bridgehead atoms. The molecule has 0 saturated heterocycles. The number of rotatable bonds is 9. The van der Waals surface area contributed by atoms with Gasteiger partial charge < -0.3 is 20.1 Å². The number of alkyl halides is 6. The molecule has 2 aromatic rings. The number of nitrogens with one attached hydrogen (secondary N) is 1. The summed E-state index contributed by atoms with van der Waals surface area (Å²) in [5, 5.41) is 12.2. The number of hydrogen-bond donors (Lipinski definition) is 2. The number of halogens is 6. The number of aliphatic hydroxyl groups excluding tert-OH is 1. The molecule has 232 valence electrons. The molecule has 2 N–H and O–H groups in total. The molecule has 2 amide bonds. The van der Waals surface area contributed by atoms with Crippen LogP contribution in [0.2, 0.25) is 0 Å². The minimum atomic E-state index is -4.47. The number of fused-ring (bicyclic) bond motifs is 1. The third kappa shape index (κ3) is 9.62. The Kier molecular flexibility index (Phi) is 10.9. The van der Waals surface area contributed by atoms with Crippen molar-refractivity contribution in [2.24, 2.45) is 5.92 Å². The molecule has 0 unspecified atom stereocenters. The lowest BCUT2D eigenvalue weighted by atomic mass is 10.0. The molecule has 2 aromatic carbocycles. The number of aliphatic hydroxyl groups is 1. The van der Waals surface area contributed by atoms with Crippen LogP contribution in [0.3, 0.4) is 0 Å². The van der Waals surface area contributed by atoms with E-state index in [2.05, 4.69) is 5.32 Å². The lowest BCUT2D eigenvalue weighted by Gasteiger charge is -2.34. The van der Waals surface area contributed by atoms with E-state index in [9.17, 15) is 41.0 Å². The Labute approximate surface area is 240 Å². The first kappa shape index (κ1) is 33.2. The van der Waals surface area contributed by atoms with E-state index in [0.29, 0.717) is 30.0 Å². The molecule has 3 rings (SSSR count). The van der Waals surface area contributed by atoms with Gasteiger partial charge in [-0.05, 0) is 49.9 Å². The summed E-state index contributed by atoms with van der Waals surface area (Å²) >= 11 is 0. The number of carbonyl (C=O) groups excluding carboxylic acids is 2.